The van der Waals surface area contributed by atoms with Crippen molar-refractivity contribution in [2.45, 2.75) is 20.8 Å². The maximum Gasteiger partial charge on any atom is 0.288 e. The van der Waals surface area contributed by atoms with Crippen LogP contribution in [0, 0.1) is 10.8 Å². The van der Waals surface area contributed by atoms with Crippen LogP contribution in [0.25, 0.3) is 0 Å². The molecule has 3 nitrogen and oxygen atoms in total. The molecule has 1 N–H and O–H groups in total. The van der Waals surface area contributed by atoms with Crippen molar-refractivity contribution < 1.29 is 4.74 Å². The second-order valence-electron chi connectivity index (χ2n) is 5.05. The minimum atomic E-state index is 0.0732. The molecule has 0 aromatic heterocycles. The fourth-order valence-corrected chi connectivity index (χ4v) is 1.15. The molecule has 88 valence electrons. The Morgan fingerprint density at radius 2 is 1.81 bits per heavy atom. The number of benzene rings is 1. The highest BCUT2D eigenvalue weighted by Gasteiger charge is 2.14. The molecule has 0 aliphatic heterocycles. The van der Waals surface area contributed by atoms with Gasteiger partial charge in [0.15, 0.2) is 0 Å². The Labute approximate surface area is 97.5 Å². The molecule has 0 heterocycles. The van der Waals surface area contributed by atoms with Gasteiger partial charge in [-0.3, -0.25) is 10.3 Å². The van der Waals surface area contributed by atoms with E-state index in [0.29, 0.717) is 6.61 Å². The number of nitrogens with zero attached hydrogens (tertiary/aromatic N) is 1. The monoisotopic (exact) mass is 220 g/mol. The predicted molar refractivity (Wildman–Crippen MR) is 68.0 cm³/mol. The first-order valence-corrected chi connectivity index (χ1v) is 5.40. The van der Waals surface area contributed by atoms with E-state index in [1.54, 1.807) is 4.90 Å². The zero-order chi connectivity index (χ0) is 12.2. The smallest absolute Gasteiger partial charge is 0.288 e. The maximum absolute atomic E-state index is 7.82. The van der Waals surface area contributed by atoms with E-state index in [1.165, 1.54) is 0 Å². The summed E-state index contributed by atoms with van der Waals surface area (Å²) < 4.78 is 5.43. The number of hydrogen-bond donors (Lipinski definition) is 1. The third-order valence-electron chi connectivity index (χ3n) is 2.09. The van der Waals surface area contributed by atoms with Gasteiger partial charge in [0.1, 0.15) is 0 Å². The van der Waals surface area contributed by atoms with Crippen LogP contribution >= 0.6 is 0 Å². The lowest BCUT2D eigenvalue weighted by atomic mass is 9.99. The SMILES string of the molecule is CN(C(=N)OCC(C)(C)C)c1ccccc1. The van der Waals surface area contributed by atoms with Crippen molar-refractivity contribution in [1.29, 1.82) is 5.41 Å². The van der Waals surface area contributed by atoms with Crippen LogP contribution in [-0.2, 0) is 4.74 Å². The lowest BCUT2D eigenvalue weighted by molar-refractivity contribution is 0.182. The van der Waals surface area contributed by atoms with Gasteiger partial charge in [-0.05, 0) is 17.5 Å². The first-order valence-electron chi connectivity index (χ1n) is 5.40. The second-order valence-corrected chi connectivity index (χ2v) is 5.05. The molecule has 0 atom stereocenters. The van der Waals surface area contributed by atoms with Crippen molar-refractivity contribution in [3.63, 3.8) is 0 Å². The number of amidine groups is 1. The minimum Gasteiger partial charge on any atom is -0.465 e. The van der Waals surface area contributed by atoms with Crippen LogP contribution < -0.4 is 4.90 Å². The summed E-state index contributed by atoms with van der Waals surface area (Å²) in [6, 6.07) is 9.94. The maximum atomic E-state index is 7.82. The van der Waals surface area contributed by atoms with E-state index < -0.39 is 0 Å². The van der Waals surface area contributed by atoms with E-state index in [-0.39, 0.29) is 11.4 Å². The van der Waals surface area contributed by atoms with Crippen molar-refractivity contribution in [2.75, 3.05) is 18.6 Å². The predicted octanol–water partition coefficient (Wildman–Crippen LogP) is 3.12. The van der Waals surface area contributed by atoms with E-state index in [0.717, 1.165) is 5.69 Å². The van der Waals surface area contributed by atoms with Crippen LogP contribution in [0.5, 0.6) is 0 Å². The Kier molecular flexibility index (Phi) is 3.93. The third-order valence-corrected chi connectivity index (χ3v) is 2.09. The number of hydrogen-bond acceptors (Lipinski definition) is 2. The molecule has 0 amide bonds. The summed E-state index contributed by atoms with van der Waals surface area (Å²) in [5.74, 6) is 0. The largest absolute Gasteiger partial charge is 0.465 e. The fraction of sp³-hybridized carbons (Fsp3) is 0.462. The topological polar surface area (TPSA) is 36.3 Å². The molecule has 0 radical (unpaired) electrons. The van der Waals surface area contributed by atoms with Gasteiger partial charge in [-0.25, -0.2) is 0 Å². The highest BCUT2D eigenvalue weighted by atomic mass is 16.5. The molecule has 0 saturated heterocycles. The fourth-order valence-electron chi connectivity index (χ4n) is 1.15. The highest BCUT2D eigenvalue weighted by Crippen LogP contribution is 2.15. The molecule has 0 aliphatic rings. The van der Waals surface area contributed by atoms with Gasteiger partial charge in [-0.1, -0.05) is 39.0 Å². The average molecular weight is 220 g/mol. The van der Waals surface area contributed by atoms with Gasteiger partial charge >= 0.3 is 0 Å². The van der Waals surface area contributed by atoms with Crippen molar-refractivity contribution in [3.8, 4) is 0 Å². The molecule has 1 aromatic rings. The minimum absolute atomic E-state index is 0.0732. The van der Waals surface area contributed by atoms with Crippen molar-refractivity contribution in [1.82, 2.24) is 0 Å². The summed E-state index contributed by atoms with van der Waals surface area (Å²) in [5, 5.41) is 7.82. The van der Waals surface area contributed by atoms with E-state index in [9.17, 15) is 0 Å². The van der Waals surface area contributed by atoms with Crippen LogP contribution in [0.1, 0.15) is 20.8 Å². The van der Waals surface area contributed by atoms with Crippen LogP contribution in [-0.4, -0.2) is 19.7 Å². The van der Waals surface area contributed by atoms with Gasteiger partial charge in [0.25, 0.3) is 6.02 Å². The van der Waals surface area contributed by atoms with Crippen LogP contribution in [0.15, 0.2) is 30.3 Å². The first-order chi connectivity index (χ1) is 7.40. The first kappa shape index (κ1) is 12.6. The number of anilines is 1. The van der Waals surface area contributed by atoms with Crippen LogP contribution in [0.4, 0.5) is 5.69 Å². The summed E-state index contributed by atoms with van der Waals surface area (Å²) in [5.41, 5.74) is 1.03. The molecule has 0 aliphatic carbocycles. The summed E-state index contributed by atoms with van der Waals surface area (Å²) in [6.45, 7) is 6.80. The standard InChI is InChI=1S/C13H20N2O/c1-13(2,3)10-16-12(14)15(4)11-8-6-5-7-9-11/h5-9,14H,10H2,1-4H3. The second kappa shape index (κ2) is 5.01. The molecule has 3 heteroatoms. The molecule has 1 rings (SSSR count). The van der Waals surface area contributed by atoms with Gasteiger partial charge < -0.3 is 4.74 Å². The van der Waals surface area contributed by atoms with Crippen LogP contribution in [0.2, 0.25) is 0 Å². The van der Waals surface area contributed by atoms with Crippen molar-refractivity contribution in [2.24, 2.45) is 5.41 Å². The Hall–Kier alpha value is -1.51. The van der Waals surface area contributed by atoms with Gasteiger partial charge in [-0.15, -0.1) is 0 Å². The number of para-hydroxylation sites is 1. The molecule has 0 unspecified atom stereocenters. The van der Waals surface area contributed by atoms with Crippen molar-refractivity contribution in [3.05, 3.63) is 30.3 Å². The van der Waals surface area contributed by atoms with E-state index in [2.05, 4.69) is 20.8 Å². The summed E-state index contributed by atoms with van der Waals surface area (Å²) in [6.07, 6.45) is 0. The Balaban J connectivity index is 2.55. The molecule has 0 spiro atoms. The Morgan fingerprint density at radius 3 is 2.31 bits per heavy atom. The summed E-state index contributed by atoms with van der Waals surface area (Å²) in [4.78, 5) is 1.73. The Morgan fingerprint density at radius 1 is 1.25 bits per heavy atom. The molecule has 0 saturated carbocycles. The van der Waals surface area contributed by atoms with E-state index in [4.69, 9.17) is 10.1 Å². The highest BCUT2D eigenvalue weighted by molar-refractivity contribution is 5.88. The van der Waals surface area contributed by atoms with Crippen LogP contribution in [0.3, 0.4) is 0 Å². The molecule has 16 heavy (non-hydrogen) atoms. The lowest BCUT2D eigenvalue weighted by Gasteiger charge is -2.24. The number of ether oxygens (including phenoxy) is 1. The Bertz CT molecular complexity index is 341. The molecule has 0 fully saturated rings. The van der Waals surface area contributed by atoms with Crippen molar-refractivity contribution >= 4 is 11.7 Å². The zero-order valence-corrected chi connectivity index (χ0v) is 10.4. The third kappa shape index (κ3) is 3.93. The van der Waals surface area contributed by atoms with E-state index >= 15 is 0 Å². The normalized spacial score (nSPS) is 11.0. The number of nitrogens with one attached hydrogen (secondary N) is 1. The lowest BCUT2D eigenvalue weighted by Crippen LogP contribution is -2.30. The van der Waals surface area contributed by atoms with Gasteiger partial charge in [-0.2, -0.15) is 0 Å². The van der Waals surface area contributed by atoms with Gasteiger partial charge in [0.05, 0.1) is 6.61 Å². The molecular formula is C13H20N2O. The van der Waals surface area contributed by atoms with Gasteiger partial charge in [0, 0.05) is 12.7 Å². The number of rotatable bonds is 2. The zero-order valence-electron chi connectivity index (χ0n) is 10.4. The van der Waals surface area contributed by atoms with Gasteiger partial charge in [0.2, 0.25) is 0 Å². The molecule has 1 aromatic carbocycles. The van der Waals surface area contributed by atoms with E-state index in [1.807, 2.05) is 37.4 Å². The quantitative estimate of drug-likeness (QED) is 0.614. The summed E-state index contributed by atoms with van der Waals surface area (Å²) in [7, 11) is 1.83. The molecular weight excluding hydrogens is 200 g/mol. The molecule has 0 bridgehead atoms. The summed E-state index contributed by atoms with van der Waals surface area (Å²) >= 11 is 0. The average Bonchev–Trinajstić information content (AvgIpc) is 2.25.